The van der Waals surface area contributed by atoms with Crippen LogP contribution in [0.15, 0.2) is 364 Å². The highest BCUT2D eigenvalue weighted by atomic mass is 32.1. The van der Waals surface area contributed by atoms with Crippen molar-refractivity contribution in [2.75, 3.05) is 72.2 Å². The number of hydrogen-bond acceptors (Lipinski definition) is 14. The Morgan fingerprint density at radius 2 is 0.491 bits per heavy atom. The van der Waals surface area contributed by atoms with E-state index < -0.39 is 0 Å². The van der Waals surface area contributed by atoms with Crippen LogP contribution >= 0.6 is 45.3 Å². The number of ether oxygens (including phenoxy) is 2. The van der Waals surface area contributed by atoms with E-state index in [9.17, 15) is 0 Å². The molecule has 2 aliphatic rings. The summed E-state index contributed by atoms with van der Waals surface area (Å²) >= 11 is 7.01. The zero-order valence-electron chi connectivity index (χ0n) is 65.3. The maximum atomic E-state index is 5.56. The third-order valence-electron chi connectivity index (χ3n) is 20.2. The molecular formula is C102H88N8O2S4. The molecule has 0 bridgehead atoms. The van der Waals surface area contributed by atoms with Crippen LogP contribution in [-0.4, -0.2) is 72.5 Å². The fraction of sp³-hybridized carbons (Fsp3) is 0.118. The smallest absolute Gasteiger partial charge is 0.129 e. The van der Waals surface area contributed by atoms with E-state index in [2.05, 4.69) is 375 Å². The van der Waals surface area contributed by atoms with E-state index in [-0.39, 0.29) is 0 Å². The number of thiazole rings is 4. The van der Waals surface area contributed by atoms with Crippen LogP contribution in [0.4, 0.5) is 42.8 Å². The van der Waals surface area contributed by atoms with Crippen LogP contribution in [-0.2, 0) is 9.47 Å². The van der Waals surface area contributed by atoms with Crippen molar-refractivity contribution in [1.29, 1.82) is 0 Å². The first-order valence-electron chi connectivity index (χ1n) is 39.3. The second-order valence-electron chi connectivity index (χ2n) is 28.3. The average molecular weight is 1590 g/mol. The van der Waals surface area contributed by atoms with Gasteiger partial charge in [0.1, 0.15) is 62.8 Å². The van der Waals surface area contributed by atoms with Gasteiger partial charge in [0.2, 0.25) is 0 Å². The van der Waals surface area contributed by atoms with Crippen molar-refractivity contribution in [2.24, 2.45) is 0 Å². The molecule has 0 saturated carbocycles. The molecule has 2 fully saturated rings. The molecule has 0 N–H and O–H groups in total. The van der Waals surface area contributed by atoms with Crippen LogP contribution in [0.5, 0.6) is 0 Å². The number of morpholine rings is 2. The third kappa shape index (κ3) is 18.5. The maximum Gasteiger partial charge on any atom is 0.129 e. The first-order valence-corrected chi connectivity index (χ1v) is 42.6. The van der Waals surface area contributed by atoms with Crippen molar-refractivity contribution in [2.45, 2.75) is 27.7 Å². The largest absolute Gasteiger partial charge is 0.378 e. The summed E-state index contributed by atoms with van der Waals surface area (Å²) in [6.45, 7) is 15.3. The van der Waals surface area contributed by atoms with Gasteiger partial charge in [0, 0.05) is 93.4 Å². The SMILES string of the molecule is Cc1ccc(N(c2ccc(C)cc2)c2sc(-c3ccccc3)nc2-c2ccccc2C)cc1.Cc1ccccc1-c1nc(-c2ccccc2)sc1N(c1ccccc1)c1ccccc1.c1ccc(-c2ccc(-c3nc(-c4ccccc4)c(N4CCOCC4)s3)cc2)cc1.c1ccc(-c2nc(-c3ccccc3)c(N3CCOCC3)s2)cc1. The highest BCUT2D eigenvalue weighted by molar-refractivity contribution is 7.20. The van der Waals surface area contributed by atoms with E-state index in [1.54, 1.807) is 45.3 Å². The number of anilines is 8. The number of aryl methyl sites for hydroxylation is 4. The molecule has 0 amide bonds. The van der Waals surface area contributed by atoms with Crippen LogP contribution in [0.2, 0.25) is 0 Å². The van der Waals surface area contributed by atoms with E-state index in [4.69, 9.17) is 29.4 Å². The fourth-order valence-electron chi connectivity index (χ4n) is 14.1. The number of para-hydroxylation sites is 2. The van der Waals surface area contributed by atoms with Gasteiger partial charge >= 0.3 is 0 Å². The number of nitrogens with zero attached hydrogens (tertiary/aromatic N) is 8. The first-order chi connectivity index (χ1) is 57.2. The lowest BCUT2D eigenvalue weighted by Gasteiger charge is -2.28. The standard InChI is InChI=1S/C30H26N2S.C28H22N2S.C25H22N2OS.C19H18N2OS/c1-21-13-17-25(18-14-21)32(26-19-15-22(2)16-20-26)30-28(27-12-8-7-9-23(27)3)31-29(33-30)24-10-5-4-6-11-24;1-21-13-11-12-20-25(21)26-28(31-27(29-26)22-14-5-2-6-15-22)30(23-16-7-3-8-17-23)24-18-9-4-10-19-24;1-3-7-19(8-4-1)20-11-13-22(14-12-20)24-26-23(21-9-5-2-6-10-21)25(29-24)27-15-17-28-18-16-27;1-3-7-15(8-4-1)17-19(21-11-13-22-14-12-21)23-18(20-17)16-9-5-2-6-10-16/h4-20H,1-3H3;2-20H,1H3;1-14H,15-18H2;1-10H,11-14H2. The number of aromatic nitrogens is 4. The van der Waals surface area contributed by atoms with E-state index >= 15 is 0 Å². The molecule has 0 unspecified atom stereocenters. The molecule has 0 atom stereocenters. The Balaban J connectivity index is 0.000000117. The van der Waals surface area contributed by atoms with Crippen molar-refractivity contribution < 1.29 is 9.47 Å². The number of benzene rings is 13. The summed E-state index contributed by atoms with van der Waals surface area (Å²) in [6, 6.07) is 127. The quantitative estimate of drug-likeness (QED) is 0.0879. The molecule has 13 aromatic carbocycles. The molecule has 17 aromatic rings. The lowest BCUT2D eigenvalue weighted by atomic mass is 10.0. The molecule has 116 heavy (non-hydrogen) atoms. The molecule has 0 aliphatic carbocycles. The first kappa shape index (κ1) is 77.4. The van der Waals surface area contributed by atoms with Gasteiger partial charge in [-0.3, -0.25) is 0 Å². The lowest BCUT2D eigenvalue weighted by Crippen LogP contribution is -2.35. The minimum Gasteiger partial charge on any atom is -0.378 e. The van der Waals surface area contributed by atoms with Crippen LogP contribution in [0, 0.1) is 27.7 Å². The Bertz CT molecular complexity index is 5860. The molecule has 572 valence electrons. The topological polar surface area (TPSA) is 83.0 Å². The van der Waals surface area contributed by atoms with Gasteiger partial charge in [0.25, 0.3) is 0 Å². The number of hydrogen-bond donors (Lipinski definition) is 0. The van der Waals surface area contributed by atoms with Gasteiger partial charge in [0.15, 0.2) is 0 Å². The maximum absolute atomic E-state index is 5.56. The van der Waals surface area contributed by atoms with E-state index in [1.165, 1.54) is 54.5 Å². The van der Waals surface area contributed by atoms with E-state index in [1.807, 2.05) is 36.4 Å². The van der Waals surface area contributed by atoms with Crippen LogP contribution < -0.4 is 19.6 Å². The second-order valence-corrected chi connectivity index (χ2v) is 32.2. The van der Waals surface area contributed by atoms with Crippen molar-refractivity contribution >= 4 is 88.1 Å². The Hall–Kier alpha value is -12.5. The van der Waals surface area contributed by atoms with Crippen LogP contribution in [0.1, 0.15) is 22.3 Å². The predicted molar refractivity (Wildman–Crippen MR) is 492 cm³/mol. The zero-order chi connectivity index (χ0) is 78.8. The van der Waals surface area contributed by atoms with Gasteiger partial charge in [-0.05, 0) is 98.5 Å². The van der Waals surface area contributed by atoms with Gasteiger partial charge in [-0.25, -0.2) is 19.9 Å². The molecular weight excluding hydrogens is 1500 g/mol. The van der Waals surface area contributed by atoms with E-state index in [0.29, 0.717) is 0 Å². The third-order valence-corrected chi connectivity index (χ3v) is 24.8. The summed E-state index contributed by atoms with van der Waals surface area (Å²) in [4.78, 5) is 29.8. The van der Waals surface area contributed by atoms with Gasteiger partial charge < -0.3 is 29.1 Å². The van der Waals surface area contributed by atoms with Crippen molar-refractivity contribution in [3.05, 3.63) is 386 Å². The monoisotopic (exact) mass is 1580 g/mol. The molecule has 6 heterocycles. The zero-order valence-corrected chi connectivity index (χ0v) is 68.6. The minimum atomic E-state index is 0.771. The number of rotatable bonds is 17. The summed E-state index contributed by atoms with van der Waals surface area (Å²) in [6.07, 6.45) is 0. The van der Waals surface area contributed by atoms with Crippen LogP contribution in [0.25, 0.3) is 98.4 Å². The lowest BCUT2D eigenvalue weighted by molar-refractivity contribution is 0.123. The van der Waals surface area contributed by atoms with Crippen molar-refractivity contribution in [1.82, 2.24) is 19.9 Å². The molecule has 0 radical (unpaired) electrons. The summed E-state index contributed by atoms with van der Waals surface area (Å²) in [5, 5.41) is 8.90. The fourth-order valence-corrected chi connectivity index (χ4v) is 18.6. The van der Waals surface area contributed by atoms with Gasteiger partial charge in [0.05, 0.1) is 26.4 Å². The summed E-state index contributed by atoms with van der Waals surface area (Å²) in [5.74, 6) is 0. The highest BCUT2D eigenvalue weighted by Crippen LogP contribution is 2.50. The Morgan fingerprint density at radius 3 is 0.828 bits per heavy atom. The summed E-state index contributed by atoms with van der Waals surface area (Å²) in [5.41, 5.74) is 25.3. The minimum absolute atomic E-state index is 0.771. The van der Waals surface area contributed by atoms with Crippen molar-refractivity contribution in [3.63, 3.8) is 0 Å². The Labute approximate surface area is 696 Å². The molecule has 14 heteroatoms. The molecule has 10 nitrogen and oxygen atoms in total. The van der Waals surface area contributed by atoms with Gasteiger partial charge in [-0.1, -0.05) is 372 Å². The average Bonchev–Trinajstić information content (AvgIpc) is 1.61. The molecule has 4 aromatic heterocycles. The van der Waals surface area contributed by atoms with Crippen molar-refractivity contribution in [3.8, 4) is 98.4 Å². The second kappa shape index (κ2) is 37.6. The Morgan fingerprint density at radius 1 is 0.241 bits per heavy atom. The molecule has 0 spiro atoms. The van der Waals surface area contributed by atoms with Gasteiger partial charge in [-0.15, -0.1) is 0 Å². The Kier molecular flexibility index (Phi) is 25.1. The predicted octanol–water partition coefficient (Wildman–Crippen LogP) is 27.4. The molecule has 19 rings (SSSR count). The molecule has 2 saturated heterocycles. The van der Waals surface area contributed by atoms with Gasteiger partial charge in [-0.2, -0.15) is 0 Å². The highest BCUT2D eigenvalue weighted by Gasteiger charge is 2.28. The summed E-state index contributed by atoms with van der Waals surface area (Å²) in [7, 11) is 0. The molecule has 2 aliphatic heterocycles. The van der Waals surface area contributed by atoms with E-state index in [0.717, 1.165) is 162 Å². The normalized spacial score (nSPS) is 12.4. The van der Waals surface area contributed by atoms with Crippen LogP contribution in [0.3, 0.4) is 0 Å². The summed E-state index contributed by atoms with van der Waals surface area (Å²) < 4.78 is 11.1.